The minimum atomic E-state index is -0.0317. The molecule has 7 heteroatoms. The monoisotopic (exact) mass is 302 g/mol. The van der Waals surface area contributed by atoms with Crippen molar-refractivity contribution in [3.8, 4) is 0 Å². The minimum absolute atomic E-state index is 0.0317. The second-order valence-corrected chi connectivity index (χ2v) is 4.62. The van der Waals surface area contributed by atoms with Crippen molar-refractivity contribution in [2.24, 2.45) is 0 Å². The first-order chi connectivity index (χ1) is 9.25. The molecule has 0 aliphatic carbocycles. The van der Waals surface area contributed by atoms with Gasteiger partial charge in [0.15, 0.2) is 10.8 Å². The van der Waals surface area contributed by atoms with Gasteiger partial charge in [-0.15, -0.1) is 0 Å². The van der Waals surface area contributed by atoms with Gasteiger partial charge < -0.3 is 4.74 Å². The Morgan fingerprint density at radius 3 is 2.74 bits per heavy atom. The van der Waals surface area contributed by atoms with Crippen LogP contribution in [0.15, 0.2) is 6.33 Å². The van der Waals surface area contributed by atoms with Gasteiger partial charge in [-0.2, -0.15) is 4.98 Å². The van der Waals surface area contributed by atoms with E-state index in [1.807, 2.05) is 18.4 Å². The topological polar surface area (TPSA) is 52.8 Å². The van der Waals surface area contributed by atoms with Crippen molar-refractivity contribution in [3.05, 3.63) is 16.8 Å². The third-order valence-electron chi connectivity index (χ3n) is 2.82. The van der Waals surface area contributed by atoms with Crippen LogP contribution in [0.4, 0.5) is 0 Å². The van der Waals surface area contributed by atoms with Crippen LogP contribution in [0, 0.1) is 0 Å². The lowest BCUT2D eigenvalue weighted by Crippen LogP contribution is -2.17. The average molecular weight is 303 g/mol. The van der Waals surface area contributed by atoms with E-state index in [9.17, 15) is 0 Å². The van der Waals surface area contributed by atoms with Gasteiger partial charge >= 0.3 is 0 Å². The van der Waals surface area contributed by atoms with E-state index in [2.05, 4.69) is 15.0 Å². The summed E-state index contributed by atoms with van der Waals surface area (Å²) in [5, 5.41) is 0.398. The van der Waals surface area contributed by atoms with Crippen molar-refractivity contribution in [1.29, 1.82) is 0 Å². The van der Waals surface area contributed by atoms with Gasteiger partial charge in [-0.1, -0.05) is 25.4 Å². The molecule has 2 aromatic heterocycles. The van der Waals surface area contributed by atoms with Crippen molar-refractivity contribution in [3.63, 3.8) is 0 Å². The second-order valence-electron chi connectivity index (χ2n) is 3.93. The molecular formula is C12H16Cl2N4O. The molecule has 104 valence electrons. The van der Waals surface area contributed by atoms with Gasteiger partial charge in [-0.05, 0) is 30.9 Å². The Kier molecular flexibility index (Phi) is 4.96. The summed E-state index contributed by atoms with van der Waals surface area (Å²) in [6.45, 7) is 4.76. The van der Waals surface area contributed by atoms with Crippen molar-refractivity contribution in [2.45, 2.75) is 39.3 Å². The largest absolute Gasteiger partial charge is 0.358 e. The van der Waals surface area contributed by atoms with E-state index in [0.29, 0.717) is 11.2 Å². The highest BCUT2D eigenvalue weighted by Gasteiger charge is 2.20. The number of imidazole rings is 1. The number of halogens is 2. The lowest BCUT2D eigenvalue weighted by molar-refractivity contribution is -0.0298. The Hall–Kier alpha value is -0.910. The standard InChI is InChI=1S/C10H10Cl2N4O.C2H6/c11-8-7-9(15-10(12)14-8)16(5-13-7)6-3-1-2-4-17-6;1-2/h5-6H,1-4H2;1-2H3. The fourth-order valence-corrected chi connectivity index (χ4v) is 2.43. The lowest BCUT2D eigenvalue weighted by atomic mass is 10.2. The van der Waals surface area contributed by atoms with Gasteiger partial charge in [-0.25, -0.2) is 9.97 Å². The summed E-state index contributed by atoms with van der Waals surface area (Å²) < 4.78 is 7.56. The number of fused-ring (bicyclic) bond motifs is 1. The zero-order valence-electron chi connectivity index (χ0n) is 10.9. The predicted octanol–water partition coefficient (Wildman–Crippen LogP) is 3.86. The zero-order valence-corrected chi connectivity index (χ0v) is 12.4. The first-order valence-electron chi connectivity index (χ1n) is 6.43. The Bertz CT molecular complexity index is 552. The molecule has 1 atom stereocenters. The number of nitrogens with zero attached hydrogens (tertiary/aromatic N) is 4. The molecular weight excluding hydrogens is 287 g/mol. The van der Waals surface area contributed by atoms with E-state index >= 15 is 0 Å². The van der Waals surface area contributed by atoms with Gasteiger partial charge in [0.2, 0.25) is 5.28 Å². The molecule has 0 bridgehead atoms. The second kappa shape index (κ2) is 6.50. The van der Waals surface area contributed by atoms with E-state index in [4.69, 9.17) is 27.9 Å². The molecule has 0 amide bonds. The SMILES string of the molecule is CC.Clc1nc(Cl)c2ncn(C3CCCCO3)c2n1. The van der Waals surface area contributed by atoms with Crippen molar-refractivity contribution < 1.29 is 4.74 Å². The number of hydrogen-bond donors (Lipinski definition) is 0. The van der Waals surface area contributed by atoms with E-state index in [0.717, 1.165) is 25.9 Å². The molecule has 5 nitrogen and oxygen atoms in total. The number of aromatic nitrogens is 4. The van der Waals surface area contributed by atoms with Crippen molar-refractivity contribution >= 4 is 34.4 Å². The van der Waals surface area contributed by atoms with Crippen LogP contribution in [-0.4, -0.2) is 26.1 Å². The van der Waals surface area contributed by atoms with Crippen LogP contribution in [-0.2, 0) is 4.74 Å². The van der Waals surface area contributed by atoms with Crippen molar-refractivity contribution in [2.75, 3.05) is 6.61 Å². The van der Waals surface area contributed by atoms with Crippen LogP contribution in [0.2, 0.25) is 10.4 Å². The molecule has 0 aromatic carbocycles. The van der Waals surface area contributed by atoms with E-state index in [1.165, 1.54) is 0 Å². The van der Waals surface area contributed by atoms with Gasteiger partial charge in [0.25, 0.3) is 0 Å². The first kappa shape index (κ1) is 14.5. The van der Waals surface area contributed by atoms with Crippen LogP contribution >= 0.6 is 23.2 Å². The van der Waals surface area contributed by atoms with Crippen LogP contribution in [0.25, 0.3) is 11.2 Å². The molecule has 1 fully saturated rings. The normalized spacial score (nSPS) is 19.1. The summed E-state index contributed by atoms with van der Waals surface area (Å²) in [6.07, 6.45) is 4.83. The quantitative estimate of drug-likeness (QED) is 0.593. The Labute approximate surface area is 121 Å². The molecule has 1 saturated heterocycles. The minimum Gasteiger partial charge on any atom is -0.358 e. The van der Waals surface area contributed by atoms with E-state index in [1.54, 1.807) is 6.33 Å². The highest BCUT2D eigenvalue weighted by Crippen LogP contribution is 2.28. The Morgan fingerprint density at radius 2 is 2.05 bits per heavy atom. The Morgan fingerprint density at radius 1 is 1.26 bits per heavy atom. The maximum absolute atomic E-state index is 5.96. The van der Waals surface area contributed by atoms with Gasteiger partial charge in [0, 0.05) is 6.61 Å². The molecule has 1 aliphatic rings. The molecule has 0 spiro atoms. The lowest BCUT2D eigenvalue weighted by Gasteiger charge is -2.23. The molecule has 1 aliphatic heterocycles. The highest BCUT2D eigenvalue weighted by molar-refractivity contribution is 6.35. The fourth-order valence-electron chi connectivity index (χ4n) is 2.01. The molecule has 3 heterocycles. The summed E-state index contributed by atoms with van der Waals surface area (Å²) in [5.74, 6) is 0. The molecule has 0 saturated carbocycles. The number of rotatable bonds is 1. The molecule has 3 rings (SSSR count). The average Bonchev–Trinajstić information content (AvgIpc) is 2.86. The molecule has 0 radical (unpaired) electrons. The fraction of sp³-hybridized carbons (Fsp3) is 0.583. The summed E-state index contributed by atoms with van der Waals surface area (Å²) in [7, 11) is 0. The van der Waals surface area contributed by atoms with E-state index < -0.39 is 0 Å². The summed E-state index contributed by atoms with van der Waals surface area (Å²) in [4.78, 5) is 12.2. The Balaban J connectivity index is 0.000000637. The number of ether oxygens (including phenoxy) is 1. The summed E-state index contributed by atoms with van der Waals surface area (Å²) in [5.41, 5.74) is 1.19. The number of hydrogen-bond acceptors (Lipinski definition) is 4. The summed E-state index contributed by atoms with van der Waals surface area (Å²) in [6, 6.07) is 0. The van der Waals surface area contributed by atoms with Gasteiger partial charge in [-0.3, -0.25) is 4.57 Å². The van der Waals surface area contributed by atoms with Gasteiger partial charge in [0.1, 0.15) is 11.7 Å². The molecule has 2 aromatic rings. The van der Waals surface area contributed by atoms with Crippen LogP contribution in [0.5, 0.6) is 0 Å². The predicted molar refractivity (Wildman–Crippen MR) is 75.5 cm³/mol. The molecule has 1 unspecified atom stereocenters. The maximum atomic E-state index is 5.96. The summed E-state index contributed by atoms with van der Waals surface area (Å²) >= 11 is 11.8. The molecule has 19 heavy (non-hydrogen) atoms. The van der Waals surface area contributed by atoms with Crippen LogP contribution in [0.1, 0.15) is 39.3 Å². The highest BCUT2D eigenvalue weighted by atomic mass is 35.5. The van der Waals surface area contributed by atoms with Crippen LogP contribution < -0.4 is 0 Å². The first-order valence-corrected chi connectivity index (χ1v) is 7.18. The maximum Gasteiger partial charge on any atom is 0.225 e. The van der Waals surface area contributed by atoms with Crippen LogP contribution in [0.3, 0.4) is 0 Å². The van der Waals surface area contributed by atoms with Gasteiger partial charge in [0.05, 0.1) is 6.33 Å². The third kappa shape index (κ3) is 2.99. The van der Waals surface area contributed by atoms with E-state index in [-0.39, 0.29) is 16.7 Å². The third-order valence-corrected chi connectivity index (χ3v) is 3.25. The zero-order chi connectivity index (χ0) is 13.8. The molecule has 0 N–H and O–H groups in total. The van der Waals surface area contributed by atoms with Crippen molar-refractivity contribution in [1.82, 2.24) is 19.5 Å². The smallest absolute Gasteiger partial charge is 0.225 e.